The van der Waals surface area contributed by atoms with Crippen molar-refractivity contribution in [2.24, 2.45) is 5.73 Å². The van der Waals surface area contributed by atoms with E-state index in [0.717, 1.165) is 18.8 Å². The third-order valence-corrected chi connectivity index (χ3v) is 2.47. The van der Waals surface area contributed by atoms with E-state index in [4.69, 9.17) is 5.73 Å². The number of rotatable bonds is 1. The first-order valence-corrected chi connectivity index (χ1v) is 4.73. The van der Waals surface area contributed by atoms with Gasteiger partial charge >= 0.3 is 0 Å². The topological polar surface area (TPSA) is 29.0 Å². The van der Waals surface area contributed by atoms with Gasteiger partial charge in [0.15, 0.2) is 0 Å². The molecule has 13 heavy (non-hydrogen) atoms. The lowest BCUT2D eigenvalue weighted by atomic mass is 10.2. The molecule has 2 rings (SSSR count). The number of hydrogen-bond acceptors (Lipinski definition) is 1. The Labute approximate surface area is 78.7 Å². The lowest BCUT2D eigenvalue weighted by Gasteiger charge is -2.02. The molecule has 0 aromatic heterocycles. The van der Waals surface area contributed by atoms with Gasteiger partial charge in [0.2, 0.25) is 5.84 Å². The lowest BCUT2D eigenvalue weighted by molar-refractivity contribution is -0.432. The molecule has 0 saturated carbocycles. The highest BCUT2D eigenvalue weighted by atomic mass is 15.1. The zero-order valence-electron chi connectivity index (χ0n) is 7.96. The van der Waals surface area contributed by atoms with Gasteiger partial charge in [-0.25, -0.2) is 4.58 Å². The van der Waals surface area contributed by atoms with Gasteiger partial charge in [0, 0.05) is 0 Å². The predicted octanol–water partition coefficient (Wildman–Crippen LogP) is 1.79. The van der Waals surface area contributed by atoms with Crippen LogP contribution in [0.5, 0.6) is 0 Å². The van der Waals surface area contributed by atoms with Crippen molar-refractivity contribution in [3.05, 3.63) is 29.8 Å². The average molecular weight is 175 g/mol. The second-order valence-electron chi connectivity index (χ2n) is 3.59. The Hall–Kier alpha value is -1.31. The zero-order valence-corrected chi connectivity index (χ0v) is 7.96. The fraction of sp³-hybridized carbons (Fsp3) is 0.364. The average Bonchev–Trinajstić information content (AvgIpc) is 2.51. The number of aryl methyl sites for hydroxylation is 1. The van der Waals surface area contributed by atoms with Gasteiger partial charge in [-0.3, -0.25) is 5.73 Å². The number of hydrogen-bond donors (Lipinski definition) is 1. The second-order valence-corrected chi connectivity index (χ2v) is 3.59. The maximum Gasteiger partial charge on any atom is 0.247 e. The Kier molecular flexibility index (Phi) is 2.05. The maximum atomic E-state index is 5.90. The van der Waals surface area contributed by atoms with E-state index in [1.54, 1.807) is 0 Å². The Morgan fingerprint density at radius 1 is 1.38 bits per heavy atom. The van der Waals surface area contributed by atoms with Gasteiger partial charge in [-0.15, -0.1) is 0 Å². The van der Waals surface area contributed by atoms with Crippen molar-refractivity contribution in [2.75, 3.05) is 6.54 Å². The quantitative estimate of drug-likeness (QED) is 0.648. The molecule has 0 spiro atoms. The highest BCUT2D eigenvalue weighted by Crippen LogP contribution is 2.17. The Morgan fingerprint density at radius 2 is 2.23 bits per heavy atom. The molecule has 0 amide bonds. The fourth-order valence-corrected chi connectivity index (χ4v) is 1.79. The van der Waals surface area contributed by atoms with E-state index in [9.17, 15) is 0 Å². The molecule has 0 aliphatic carbocycles. The molecule has 1 aliphatic rings. The molecule has 2 nitrogen and oxygen atoms in total. The van der Waals surface area contributed by atoms with Crippen LogP contribution in [0.3, 0.4) is 0 Å². The van der Waals surface area contributed by atoms with Crippen LogP contribution in [0.4, 0.5) is 5.69 Å². The fourth-order valence-electron chi connectivity index (χ4n) is 1.79. The highest BCUT2D eigenvalue weighted by molar-refractivity contribution is 5.77. The molecule has 0 fully saturated rings. The van der Waals surface area contributed by atoms with Gasteiger partial charge in [-0.2, -0.15) is 0 Å². The second kappa shape index (κ2) is 3.21. The van der Waals surface area contributed by atoms with Crippen LogP contribution in [-0.4, -0.2) is 17.0 Å². The molecule has 0 saturated heterocycles. The smallest absolute Gasteiger partial charge is 0.247 e. The van der Waals surface area contributed by atoms with E-state index in [2.05, 4.69) is 35.8 Å². The van der Waals surface area contributed by atoms with Crippen LogP contribution < -0.4 is 5.73 Å². The van der Waals surface area contributed by atoms with Crippen LogP contribution in [-0.2, 0) is 0 Å². The molecule has 0 bridgehead atoms. The molecule has 1 aromatic rings. The first kappa shape index (κ1) is 8.30. The third kappa shape index (κ3) is 1.57. The van der Waals surface area contributed by atoms with Gasteiger partial charge < -0.3 is 0 Å². The summed E-state index contributed by atoms with van der Waals surface area (Å²) in [4.78, 5) is 0. The van der Waals surface area contributed by atoms with Crippen LogP contribution >= 0.6 is 0 Å². The predicted molar refractivity (Wildman–Crippen MR) is 54.4 cm³/mol. The minimum absolute atomic E-state index is 1.01. The van der Waals surface area contributed by atoms with Crippen LogP contribution in [0.1, 0.15) is 18.4 Å². The van der Waals surface area contributed by atoms with Crippen molar-refractivity contribution in [1.29, 1.82) is 0 Å². The Morgan fingerprint density at radius 3 is 2.85 bits per heavy atom. The van der Waals surface area contributed by atoms with Gasteiger partial charge in [0.1, 0.15) is 5.69 Å². The number of benzene rings is 1. The van der Waals surface area contributed by atoms with Gasteiger partial charge in [-0.1, -0.05) is 12.1 Å². The molecule has 1 heterocycles. The van der Waals surface area contributed by atoms with Crippen molar-refractivity contribution in [1.82, 2.24) is 0 Å². The van der Waals surface area contributed by atoms with Crippen LogP contribution in [0, 0.1) is 6.92 Å². The normalized spacial score (nSPS) is 16.7. The summed E-state index contributed by atoms with van der Waals surface area (Å²) >= 11 is 0. The summed E-state index contributed by atoms with van der Waals surface area (Å²) in [6.45, 7) is 3.17. The van der Waals surface area contributed by atoms with E-state index < -0.39 is 0 Å². The van der Waals surface area contributed by atoms with Gasteiger partial charge in [-0.05, 0) is 31.0 Å². The summed E-state index contributed by atoms with van der Waals surface area (Å²) in [5, 5.41) is 0. The number of nitrogens with two attached hydrogens (primary N) is 1. The van der Waals surface area contributed by atoms with E-state index in [0.29, 0.717) is 0 Å². The summed E-state index contributed by atoms with van der Waals surface area (Å²) in [7, 11) is 0. The summed E-state index contributed by atoms with van der Waals surface area (Å²) in [5.74, 6) is 1.01. The lowest BCUT2D eigenvalue weighted by Crippen LogP contribution is -2.18. The SMILES string of the molecule is Cc1cccc([N+]2=C(N)CCC2)c1. The molecule has 0 atom stereocenters. The molecular weight excluding hydrogens is 160 g/mol. The van der Waals surface area contributed by atoms with Crippen LogP contribution in [0.2, 0.25) is 0 Å². The minimum Gasteiger partial charge on any atom is -0.291 e. The van der Waals surface area contributed by atoms with E-state index in [1.807, 2.05) is 0 Å². The Bertz CT molecular complexity index is 353. The van der Waals surface area contributed by atoms with Crippen molar-refractivity contribution < 1.29 is 4.58 Å². The van der Waals surface area contributed by atoms with E-state index >= 15 is 0 Å². The van der Waals surface area contributed by atoms with Crippen molar-refractivity contribution >= 4 is 11.5 Å². The summed E-state index contributed by atoms with van der Waals surface area (Å²) < 4.78 is 2.20. The molecule has 0 unspecified atom stereocenters. The van der Waals surface area contributed by atoms with Crippen molar-refractivity contribution in [2.45, 2.75) is 19.8 Å². The first-order valence-electron chi connectivity index (χ1n) is 4.73. The Balaban J connectivity index is 2.40. The highest BCUT2D eigenvalue weighted by Gasteiger charge is 2.17. The number of nitrogens with zero attached hydrogens (tertiary/aromatic N) is 1. The molecule has 0 radical (unpaired) electrons. The summed E-state index contributed by atoms with van der Waals surface area (Å²) in [6.07, 6.45) is 2.22. The van der Waals surface area contributed by atoms with E-state index in [-0.39, 0.29) is 0 Å². The number of amidine groups is 1. The molecule has 1 aromatic carbocycles. The largest absolute Gasteiger partial charge is 0.291 e. The third-order valence-electron chi connectivity index (χ3n) is 2.47. The molecule has 2 heteroatoms. The monoisotopic (exact) mass is 175 g/mol. The van der Waals surface area contributed by atoms with Crippen LogP contribution in [0.15, 0.2) is 24.3 Å². The maximum absolute atomic E-state index is 5.90. The van der Waals surface area contributed by atoms with Crippen molar-refractivity contribution in [3.8, 4) is 0 Å². The summed E-state index contributed by atoms with van der Waals surface area (Å²) in [6, 6.07) is 8.48. The zero-order chi connectivity index (χ0) is 9.26. The van der Waals surface area contributed by atoms with Crippen molar-refractivity contribution in [3.63, 3.8) is 0 Å². The van der Waals surface area contributed by atoms with Gasteiger partial charge in [0.05, 0.1) is 13.0 Å². The molecule has 68 valence electrons. The van der Waals surface area contributed by atoms with E-state index in [1.165, 1.54) is 17.7 Å². The molecule has 2 N–H and O–H groups in total. The molecule has 1 aliphatic heterocycles. The molecular formula is C11H15N2+. The first-order chi connectivity index (χ1) is 6.27. The minimum atomic E-state index is 1.01. The van der Waals surface area contributed by atoms with Crippen LogP contribution in [0.25, 0.3) is 0 Å². The standard InChI is InChI=1S/C11H14N2/c1-9-4-2-5-10(8-9)13-7-3-6-11(13)12/h2,4-5,8,12H,3,6-7H2,1H3/p+1. The van der Waals surface area contributed by atoms with Gasteiger partial charge in [0.25, 0.3) is 0 Å². The summed E-state index contributed by atoms with van der Waals surface area (Å²) in [5.41, 5.74) is 8.42.